The second-order valence-corrected chi connectivity index (χ2v) is 6.49. The van der Waals surface area contributed by atoms with E-state index in [9.17, 15) is 14.4 Å². The predicted octanol–water partition coefficient (Wildman–Crippen LogP) is 3.32. The Morgan fingerprint density at radius 3 is 2.03 bits per heavy atom. The van der Waals surface area contributed by atoms with Crippen molar-refractivity contribution in [3.8, 4) is 11.8 Å². The van der Waals surface area contributed by atoms with E-state index in [1.54, 1.807) is 42.5 Å². The summed E-state index contributed by atoms with van der Waals surface area (Å²) in [6.07, 6.45) is 0. The Hall–Kier alpha value is -4.17. The molecule has 0 bridgehead atoms. The predicted molar refractivity (Wildman–Crippen MR) is 109 cm³/mol. The van der Waals surface area contributed by atoms with Gasteiger partial charge in [-0.2, -0.15) is 0 Å². The first-order valence-electron chi connectivity index (χ1n) is 9.04. The topological polar surface area (TPSA) is 66.5 Å². The number of carbonyl (C=O) groups excluding carboxylic acids is 3. The van der Waals surface area contributed by atoms with Gasteiger partial charge in [0.05, 0.1) is 11.1 Å². The molecule has 0 atom stereocenters. The lowest BCUT2D eigenvalue weighted by Gasteiger charge is -2.13. The summed E-state index contributed by atoms with van der Waals surface area (Å²) in [6.45, 7) is -0.341. The molecule has 0 unspecified atom stereocenters. The second kappa shape index (κ2) is 7.83. The maximum atomic E-state index is 12.4. The average molecular weight is 380 g/mol. The summed E-state index contributed by atoms with van der Waals surface area (Å²) in [5.74, 6) is 4.75. The van der Waals surface area contributed by atoms with Crippen molar-refractivity contribution in [2.24, 2.45) is 0 Å². The molecule has 3 aromatic rings. The number of anilines is 1. The Morgan fingerprint density at radius 2 is 1.34 bits per heavy atom. The summed E-state index contributed by atoms with van der Waals surface area (Å²) in [7, 11) is 0. The van der Waals surface area contributed by atoms with Gasteiger partial charge in [0, 0.05) is 16.8 Å². The number of amides is 3. The van der Waals surface area contributed by atoms with Gasteiger partial charge in [0.25, 0.3) is 11.8 Å². The Balaban J connectivity index is 1.44. The van der Waals surface area contributed by atoms with Crippen molar-refractivity contribution in [2.75, 3.05) is 11.9 Å². The quantitative estimate of drug-likeness (QED) is 0.560. The largest absolute Gasteiger partial charge is 0.324 e. The van der Waals surface area contributed by atoms with Crippen molar-refractivity contribution < 1.29 is 14.4 Å². The number of nitrogens with one attached hydrogen (secondary N) is 1. The molecule has 0 saturated carbocycles. The third-order valence-corrected chi connectivity index (χ3v) is 4.45. The fourth-order valence-electron chi connectivity index (χ4n) is 3.07. The molecule has 1 aliphatic heterocycles. The van der Waals surface area contributed by atoms with Gasteiger partial charge < -0.3 is 5.32 Å². The van der Waals surface area contributed by atoms with Crippen molar-refractivity contribution in [1.82, 2.24) is 4.90 Å². The molecule has 0 saturated heterocycles. The van der Waals surface area contributed by atoms with Crippen LogP contribution in [0.5, 0.6) is 0 Å². The van der Waals surface area contributed by atoms with Crippen LogP contribution in [0.4, 0.5) is 5.69 Å². The summed E-state index contributed by atoms with van der Waals surface area (Å²) in [5.41, 5.74) is 2.83. The molecule has 1 aliphatic rings. The van der Waals surface area contributed by atoms with Gasteiger partial charge >= 0.3 is 0 Å². The Labute approximate surface area is 168 Å². The summed E-state index contributed by atoms with van der Waals surface area (Å²) in [5, 5.41) is 2.72. The van der Waals surface area contributed by atoms with Crippen molar-refractivity contribution in [3.05, 3.63) is 101 Å². The fourth-order valence-corrected chi connectivity index (χ4v) is 3.07. The molecule has 0 radical (unpaired) electrons. The van der Waals surface area contributed by atoms with Gasteiger partial charge in [-0.05, 0) is 42.5 Å². The standard InChI is InChI=1S/C24H16N2O3/c27-22(16-26-23(28)20-11-4-5-12-21(20)24(26)29)25-19-10-6-9-18(15-19)14-13-17-7-2-1-3-8-17/h1-12,15H,16H2,(H,25,27). The molecule has 3 amide bonds. The van der Waals surface area contributed by atoms with E-state index >= 15 is 0 Å². The molecule has 140 valence electrons. The highest BCUT2D eigenvalue weighted by Gasteiger charge is 2.36. The lowest BCUT2D eigenvalue weighted by Crippen LogP contribution is -2.37. The number of benzene rings is 3. The van der Waals surface area contributed by atoms with E-state index in [0.717, 1.165) is 16.0 Å². The smallest absolute Gasteiger partial charge is 0.262 e. The Kier molecular flexibility index (Phi) is 4.91. The van der Waals surface area contributed by atoms with Gasteiger partial charge in [-0.25, -0.2) is 0 Å². The maximum absolute atomic E-state index is 12.4. The molecule has 4 rings (SSSR count). The van der Waals surface area contributed by atoms with E-state index in [1.807, 2.05) is 36.4 Å². The number of fused-ring (bicyclic) bond motifs is 1. The molecule has 0 aliphatic carbocycles. The molecule has 5 nitrogen and oxygen atoms in total. The van der Waals surface area contributed by atoms with Crippen molar-refractivity contribution in [3.63, 3.8) is 0 Å². The minimum atomic E-state index is -0.455. The summed E-state index contributed by atoms with van der Waals surface area (Å²) in [4.78, 5) is 38.1. The Morgan fingerprint density at radius 1 is 0.759 bits per heavy atom. The van der Waals surface area contributed by atoms with Crippen molar-refractivity contribution >= 4 is 23.4 Å². The zero-order chi connectivity index (χ0) is 20.2. The Bertz CT molecular complexity index is 1140. The molecular formula is C24H16N2O3. The van der Waals surface area contributed by atoms with Gasteiger partial charge in [0.15, 0.2) is 0 Å². The van der Waals surface area contributed by atoms with Gasteiger partial charge in [-0.15, -0.1) is 0 Å². The molecule has 1 heterocycles. The van der Waals surface area contributed by atoms with Crippen LogP contribution in [0.25, 0.3) is 0 Å². The first kappa shape index (κ1) is 18.2. The van der Waals surface area contributed by atoms with Crippen LogP contribution in [0.15, 0.2) is 78.9 Å². The minimum absolute atomic E-state index is 0.323. The molecule has 0 aromatic heterocycles. The van der Waals surface area contributed by atoms with Crippen molar-refractivity contribution in [2.45, 2.75) is 0 Å². The molecule has 1 N–H and O–H groups in total. The third-order valence-electron chi connectivity index (χ3n) is 4.45. The van der Waals surface area contributed by atoms with Gasteiger partial charge in [-0.1, -0.05) is 48.2 Å². The van der Waals surface area contributed by atoms with Gasteiger partial charge in [0.1, 0.15) is 6.54 Å². The summed E-state index contributed by atoms with van der Waals surface area (Å²) in [6, 6.07) is 23.2. The highest BCUT2D eigenvalue weighted by atomic mass is 16.2. The number of hydrogen-bond donors (Lipinski definition) is 1. The number of rotatable bonds is 3. The van der Waals surface area contributed by atoms with Crippen LogP contribution in [0.2, 0.25) is 0 Å². The maximum Gasteiger partial charge on any atom is 0.262 e. The lowest BCUT2D eigenvalue weighted by atomic mass is 10.1. The van der Waals surface area contributed by atoms with Gasteiger partial charge in [0.2, 0.25) is 5.91 Å². The molecule has 0 fully saturated rings. The average Bonchev–Trinajstić information content (AvgIpc) is 2.98. The van der Waals surface area contributed by atoms with Crippen LogP contribution < -0.4 is 5.32 Å². The van der Waals surface area contributed by atoms with Crippen LogP contribution in [0.1, 0.15) is 31.8 Å². The van der Waals surface area contributed by atoms with Crippen LogP contribution in [0.3, 0.4) is 0 Å². The van der Waals surface area contributed by atoms with Crippen molar-refractivity contribution in [1.29, 1.82) is 0 Å². The van der Waals surface area contributed by atoms with E-state index in [4.69, 9.17) is 0 Å². The first-order valence-corrected chi connectivity index (χ1v) is 9.04. The van der Waals surface area contributed by atoms with E-state index in [0.29, 0.717) is 16.8 Å². The number of nitrogens with zero attached hydrogens (tertiary/aromatic N) is 1. The second-order valence-electron chi connectivity index (χ2n) is 6.49. The third kappa shape index (κ3) is 3.92. The molecule has 5 heteroatoms. The lowest BCUT2D eigenvalue weighted by molar-refractivity contribution is -0.116. The summed E-state index contributed by atoms with van der Waals surface area (Å²) < 4.78 is 0. The monoisotopic (exact) mass is 380 g/mol. The first-order chi connectivity index (χ1) is 14.1. The van der Waals surface area contributed by atoms with Crippen LogP contribution in [-0.2, 0) is 4.79 Å². The van der Waals surface area contributed by atoms with E-state index in [1.165, 1.54) is 0 Å². The number of hydrogen-bond acceptors (Lipinski definition) is 3. The molecule has 0 spiro atoms. The minimum Gasteiger partial charge on any atom is -0.324 e. The van der Waals surface area contributed by atoms with Crippen LogP contribution in [-0.4, -0.2) is 29.2 Å². The number of imide groups is 1. The van der Waals surface area contributed by atoms with E-state index in [2.05, 4.69) is 17.2 Å². The number of carbonyl (C=O) groups is 3. The summed E-state index contributed by atoms with van der Waals surface area (Å²) >= 11 is 0. The van der Waals surface area contributed by atoms with E-state index < -0.39 is 17.7 Å². The fraction of sp³-hybridized carbons (Fsp3) is 0.0417. The highest BCUT2D eigenvalue weighted by molar-refractivity contribution is 6.22. The SMILES string of the molecule is O=C(CN1C(=O)c2ccccc2C1=O)Nc1cccc(C#Cc2ccccc2)c1. The van der Waals surface area contributed by atoms with E-state index in [-0.39, 0.29) is 6.54 Å². The zero-order valence-electron chi connectivity index (χ0n) is 15.4. The van der Waals surface area contributed by atoms with Crippen LogP contribution >= 0.6 is 0 Å². The van der Waals surface area contributed by atoms with Gasteiger partial charge in [-0.3, -0.25) is 19.3 Å². The zero-order valence-corrected chi connectivity index (χ0v) is 15.4. The highest BCUT2D eigenvalue weighted by Crippen LogP contribution is 2.22. The normalized spacial score (nSPS) is 12.2. The molecule has 29 heavy (non-hydrogen) atoms. The molecular weight excluding hydrogens is 364 g/mol. The van der Waals surface area contributed by atoms with Crippen LogP contribution in [0, 0.1) is 11.8 Å². The molecule has 3 aromatic carbocycles.